The van der Waals surface area contributed by atoms with Crippen molar-refractivity contribution >= 4 is 5.90 Å². The van der Waals surface area contributed by atoms with E-state index in [1.165, 1.54) is 0 Å². The van der Waals surface area contributed by atoms with E-state index in [9.17, 15) is 0 Å². The minimum Gasteiger partial charge on any atom is -0.478 e. The van der Waals surface area contributed by atoms with Gasteiger partial charge in [0.05, 0.1) is 6.10 Å². The van der Waals surface area contributed by atoms with E-state index in [0.29, 0.717) is 12.3 Å². The smallest absolute Gasteiger partial charge is 0.181 e. The second-order valence-corrected chi connectivity index (χ2v) is 4.33. The summed E-state index contributed by atoms with van der Waals surface area (Å²) >= 11 is 0. The van der Waals surface area contributed by atoms with Gasteiger partial charge in [-0.2, -0.15) is 0 Å². The standard InChI is InChI=1S/C9H19NO/c1-7(2)11-8(10)6-9(3,4)5/h7,10H,6H2,1-5H3. The third kappa shape index (κ3) is 7.37. The molecule has 0 aromatic carbocycles. The van der Waals surface area contributed by atoms with Gasteiger partial charge in [-0.05, 0) is 19.3 Å². The summed E-state index contributed by atoms with van der Waals surface area (Å²) in [6, 6.07) is 0. The third-order valence-corrected chi connectivity index (χ3v) is 1.07. The molecular formula is C9H19NO. The Hall–Kier alpha value is -0.530. The van der Waals surface area contributed by atoms with E-state index in [2.05, 4.69) is 20.8 Å². The summed E-state index contributed by atoms with van der Waals surface area (Å²) in [5.41, 5.74) is 0.159. The minimum atomic E-state index is 0.129. The number of hydrogen-bond donors (Lipinski definition) is 1. The quantitative estimate of drug-likeness (QED) is 0.485. The first-order chi connectivity index (χ1) is 4.81. The van der Waals surface area contributed by atoms with Crippen LogP contribution < -0.4 is 0 Å². The fraction of sp³-hybridized carbons (Fsp3) is 0.889. The maximum Gasteiger partial charge on any atom is 0.181 e. The molecule has 0 aromatic rings. The number of hydrogen-bond acceptors (Lipinski definition) is 2. The molecule has 0 amide bonds. The first kappa shape index (κ1) is 10.5. The Bertz CT molecular complexity index is 133. The molecule has 0 saturated heterocycles. The molecule has 11 heavy (non-hydrogen) atoms. The summed E-state index contributed by atoms with van der Waals surface area (Å²) < 4.78 is 5.21. The van der Waals surface area contributed by atoms with Crippen molar-refractivity contribution in [3.05, 3.63) is 0 Å². The van der Waals surface area contributed by atoms with Crippen LogP contribution in [-0.4, -0.2) is 12.0 Å². The lowest BCUT2D eigenvalue weighted by atomic mass is 9.92. The lowest BCUT2D eigenvalue weighted by Crippen LogP contribution is -2.17. The van der Waals surface area contributed by atoms with Crippen molar-refractivity contribution in [1.82, 2.24) is 0 Å². The van der Waals surface area contributed by atoms with Crippen molar-refractivity contribution in [3.63, 3.8) is 0 Å². The summed E-state index contributed by atoms with van der Waals surface area (Å²) in [5, 5.41) is 7.45. The van der Waals surface area contributed by atoms with E-state index in [1.807, 2.05) is 13.8 Å². The highest BCUT2D eigenvalue weighted by Crippen LogP contribution is 2.19. The Morgan fingerprint density at radius 2 is 1.82 bits per heavy atom. The van der Waals surface area contributed by atoms with Crippen LogP contribution in [0.25, 0.3) is 0 Å². The lowest BCUT2D eigenvalue weighted by molar-refractivity contribution is 0.208. The Kier molecular flexibility index (Phi) is 3.56. The molecule has 2 heteroatoms. The Morgan fingerprint density at radius 1 is 1.36 bits per heavy atom. The topological polar surface area (TPSA) is 33.1 Å². The van der Waals surface area contributed by atoms with E-state index in [1.54, 1.807) is 0 Å². The zero-order valence-electron chi connectivity index (χ0n) is 8.19. The first-order valence-electron chi connectivity index (χ1n) is 4.05. The molecule has 0 unspecified atom stereocenters. The van der Waals surface area contributed by atoms with Gasteiger partial charge in [-0.1, -0.05) is 20.8 Å². The second-order valence-electron chi connectivity index (χ2n) is 4.33. The zero-order chi connectivity index (χ0) is 9.07. The van der Waals surface area contributed by atoms with E-state index in [-0.39, 0.29) is 11.5 Å². The molecule has 0 aliphatic carbocycles. The van der Waals surface area contributed by atoms with Gasteiger partial charge < -0.3 is 4.74 Å². The molecule has 0 aromatic heterocycles. The van der Waals surface area contributed by atoms with Crippen molar-refractivity contribution in [2.45, 2.75) is 47.1 Å². The summed E-state index contributed by atoms with van der Waals surface area (Å²) in [5.74, 6) is 0.396. The van der Waals surface area contributed by atoms with E-state index in [0.717, 1.165) is 0 Å². The van der Waals surface area contributed by atoms with Gasteiger partial charge in [-0.3, -0.25) is 5.41 Å². The number of nitrogens with one attached hydrogen (secondary N) is 1. The highest BCUT2D eigenvalue weighted by atomic mass is 16.5. The molecule has 0 aliphatic heterocycles. The van der Waals surface area contributed by atoms with Crippen LogP contribution in [0.15, 0.2) is 0 Å². The van der Waals surface area contributed by atoms with Crippen molar-refractivity contribution in [3.8, 4) is 0 Å². The predicted molar refractivity (Wildman–Crippen MR) is 48.0 cm³/mol. The molecule has 0 saturated carbocycles. The van der Waals surface area contributed by atoms with Gasteiger partial charge in [0, 0.05) is 6.42 Å². The SMILES string of the molecule is CC(C)OC(=N)CC(C)(C)C. The third-order valence-electron chi connectivity index (χ3n) is 1.07. The summed E-state index contributed by atoms with van der Waals surface area (Å²) in [6.07, 6.45) is 0.843. The molecule has 1 N–H and O–H groups in total. The minimum absolute atomic E-state index is 0.129. The molecule has 0 heterocycles. The van der Waals surface area contributed by atoms with Crippen LogP contribution in [0.1, 0.15) is 41.0 Å². The van der Waals surface area contributed by atoms with Crippen LogP contribution in [0.3, 0.4) is 0 Å². The molecule has 2 nitrogen and oxygen atoms in total. The van der Waals surface area contributed by atoms with Gasteiger partial charge in [0.2, 0.25) is 0 Å². The molecule has 0 atom stereocenters. The van der Waals surface area contributed by atoms with E-state index >= 15 is 0 Å². The Balaban J connectivity index is 3.71. The van der Waals surface area contributed by atoms with Crippen LogP contribution >= 0.6 is 0 Å². The van der Waals surface area contributed by atoms with Crippen LogP contribution in [-0.2, 0) is 4.74 Å². The molecule has 0 rings (SSSR count). The molecule has 0 bridgehead atoms. The van der Waals surface area contributed by atoms with Gasteiger partial charge >= 0.3 is 0 Å². The lowest BCUT2D eigenvalue weighted by Gasteiger charge is -2.19. The Labute approximate surface area is 69.5 Å². The maximum atomic E-state index is 7.45. The highest BCUT2D eigenvalue weighted by Gasteiger charge is 2.14. The highest BCUT2D eigenvalue weighted by molar-refractivity contribution is 5.73. The van der Waals surface area contributed by atoms with Crippen LogP contribution in [0.4, 0.5) is 0 Å². The second kappa shape index (κ2) is 3.74. The maximum absolute atomic E-state index is 7.45. The van der Waals surface area contributed by atoms with Crippen molar-refractivity contribution in [1.29, 1.82) is 5.41 Å². The Morgan fingerprint density at radius 3 is 2.09 bits per heavy atom. The zero-order valence-corrected chi connectivity index (χ0v) is 8.19. The summed E-state index contributed by atoms with van der Waals surface area (Å²) in [4.78, 5) is 0. The fourth-order valence-electron chi connectivity index (χ4n) is 0.808. The molecule has 0 aliphatic rings. The van der Waals surface area contributed by atoms with E-state index < -0.39 is 0 Å². The molecular weight excluding hydrogens is 138 g/mol. The summed E-state index contributed by atoms with van der Waals surface area (Å²) in [6.45, 7) is 10.2. The average molecular weight is 157 g/mol. The molecule has 0 fully saturated rings. The van der Waals surface area contributed by atoms with E-state index in [4.69, 9.17) is 10.1 Å². The first-order valence-corrected chi connectivity index (χ1v) is 4.05. The predicted octanol–water partition coefficient (Wildman–Crippen LogP) is 2.82. The fourth-order valence-corrected chi connectivity index (χ4v) is 0.808. The van der Waals surface area contributed by atoms with Gasteiger partial charge in [0.25, 0.3) is 0 Å². The number of ether oxygens (including phenoxy) is 1. The van der Waals surface area contributed by atoms with Gasteiger partial charge in [0.15, 0.2) is 5.90 Å². The van der Waals surface area contributed by atoms with Gasteiger partial charge in [-0.25, -0.2) is 0 Å². The van der Waals surface area contributed by atoms with Gasteiger partial charge in [0.1, 0.15) is 0 Å². The van der Waals surface area contributed by atoms with Crippen LogP contribution in [0.2, 0.25) is 0 Å². The van der Waals surface area contributed by atoms with Crippen LogP contribution in [0, 0.1) is 10.8 Å². The monoisotopic (exact) mass is 157 g/mol. The molecule has 0 radical (unpaired) electrons. The summed E-state index contributed by atoms with van der Waals surface area (Å²) in [7, 11) is 0. The largest absolute Gasteiger partial charge is 0.478 e. The normalized spacial score (nSPS) is 11.8. The van der Waals surface area contributed by atoms with Crippen molar-refractivity contribution in [2.24, 2.45) is 5.41 Å². The molecule has 0 spiro atoms. The van der Waals surface area contributed by atoms with Crippen LogP contribution in [0.5, 0.6) is 0 Å². The van der Waals surface area contributed by atoms with Crippen molar-refractivity contribution in [2.75, 3.05) is 0 Å². The van der Waals surface area contributed by atoms with Gasteiger partial charge in [-0.15, -0.1) is 0 Å². The average Bonchev–Trinajstić information content (AvgIpc) is 1.53. The number of rotatable bonds is 2. The van der Waals surface area contributed by atoms with Crippen molar-refractivity contribution < 1.29 is 4.74 Å². The molecule has 66 valence electrons.